The normalized spacial score (nSPS) is 10.2. The van der Waals surface area contributed by atoms with Gasteiger partial charge in [0.25, 0.3) is 5.69 Å². The molecule has 0 atom stereocenters. The van der Waals surface area contributed by atoms with Gasteiger partial charge in [-0.3, -0.25) is 10.1 Å². The molecule has 0 bridgehead atoms. The lowest BCUT2D eigenvalue weighted by molar-refractivity contribution is -0.385. The molecule has 9 heteroatoms. The third-order valence-corrected chi connectivity index (χ3v) is 3.22. The highest BCUT2D eigenvalue weighted by molar-refractivity contribution is 9.11. The Morgan fingerprint density at radius 3 is 2.47 bits per heavy atom. The number of nitrogens with zero attached hydrogens (tertiary/aromatic N) is 3. The zero-order chi connectivity index (χ0) is 14.0. The van der Waals surface area contributed by atoms with E-state index in [2.05, 4.69) is 41.8 Å². The summed E-state index contributed by atoms with van der Waals surface area (Å²) in [6.07, 6.45) is 1.45. The first kappa shape index (κ1) is 13.7. The van der Waals surface area contributed by atoms with E-state index in [4.69, 9.17) is 10.5 Å². The number of nitro groups is 1. The van der Waals surface area contributed by atoms with Crippen LogP contribution in [0.2, 0.25) is 0 Å². The molecule has 98 valence electrons. The first-order chi connectivity index (χ1) is 8.97. The van der Waals surface area contributed by atoms with Gasteiger partial charge < -0.3 is 10.5 Å². The van der Waals surface area contributed by atoms with Crippen LogP contribution in [0.1, 0.15) is 0 Å². The fourth-order valence-corrected chi connectivity index (χ4v) is 2.57. The molecule has 0 aliphatic heterocycles. The molecular formula is C10H6Br2N4O3. The molecule has 0 unspecified atom stereocenters. The lowest BCUT2D eigenvalue weighted by Crippen LogP contribution is -1.97. The molecule has 7 nitrogen and oxygen atoms in total. The Hall–Kier alpha value is -1.74. The number of nitrogen functional groups attached to an aromatic ring is 1. The van der Waals surface area contributed by atoms with Crippen molar-refractivity contribution in [3.63, 3.8) is 0 Å². The van der Waals surface area contributed by atoms with Gasteiger partial charge in [0.1, 0.15) is 5.82 Å². The average Bonchev–Trinajstić information content (AvgIpc) is 2.33. The summed E-state index contributed by atoms with van der Waals surface area (Å²) < 4.78 is 6.24. The van der Waals surface area contributed by atoms with Crippen molar-refractivity contribution in [1.29, 1.82) is 0 Å². The van der Waals surface area contributed by atoms with Crippen molar-refractivity contribution in [2.45, 2.75) is 0 Å². The van der Waals surface area contributed by atoms with Gasteiger partial charge in [-0.2, -0.15) is 4.98 Å². The monoisotopic (exact) mass is 388 g/mol. The van der Waals surface area contributed by atoms with Crippen molar-refractivity contribution in [2.75, 3.05) is 5.73 Å². The zero-order valence-electron chi connectivity index (χ0n) is 9.21. The van der Waals surface area contributed by atoms with E-state index in [0.717, 1.165) is 0 Å². The summed E-state index contributed by atoms with van der Waals surface area (Å²) in [5.41, 5.74) is 5.44. The smallest absolute Gasteiger partial charge is 0.323 e. The van der Waals surface area contributed by atoms with Gasteiger partial charge in [0.05, 0.1) is 13.9 Å². The van der Waals surface area contributed by atoms with E-state index >= 15 is 0 Å². The molecule has 0 fully saturated rings. The predicted octanol–water partition coefficient (Wildman–Crippen LogP) is 3.28. The number of nitro benzene ring substituents is 1. The Morgan fingerprint density at radius 1 is 1.32 bits per heavy atom. The first-order valence-corrected chi connectivity index (χ1v) is 6.46. The lowest BCUT2D eigenvalue weighted by Gasteiger charge is -2.08. The predicted molar refractivity (Wildman–Crippen MR) is 75.0 cm³/mol. The number of ether oxygens (including phenoxy) is 1. The fourth-order valence-electron chi connectivity index (χ4n) is 1.24. The molecule has 0 saturated heterocycles. The number of non-ortho nitro benzene ring substituents is 1. The minimum Gasteiger partial charge on any atom is -0.422 e. The molecule has 0 amide bonds. The van der Waals surface area contributed by atoms with Crippen LogP contribution in [0.15, 0.2) is 33.3 Å². The van der Waals surface area contributed by atoms with Gasteiger partial charge in [0.15, 0.2) is 5.75 Å². The highest BCUT2D eigenvalue weighted by Crippen LogP contribution is 2.38. The third-order valence-electron chi connectivity index (χ3n) is 2.04. The number of hydrogen-bond acceptors (Lipinski definition) is 6. The maximum Gasteiger partial charge on any atom is 0.323 e. The second kappa shape index (κ2) is 5.49. The van der Waals surface area contributed by atoms with E-state index in [1.807, 2.05) is 0 Å². The average molecular weight is 390 g/mol. The molecular weight excluding hydrogens is 384 g/mol. The van der Waals surface area contributed by atoms with Crippen molar-refractivity contribution < 1.29 is 9.66 Å². The van der Waals surface area contributed by atoms with Crippen LogP contribution in [0, 0.1) is 10.1 Å². The first-order valence-electron chi connectivity index (χ1n) is 4.87. The van der Waals surface area contributed by atoms with Crippen LogP contribution < -0.4 is 10.5 Å². The topological polar surface area (TPSA) is 104 Å². The summed E-state index contributed by atoms with van der Waals surface area (Å²) in [5, 5.41) is 10.7. The van der Waals surface area contributed by atoms with Crippen molar-refractivity contribution in [2.24, 2.45) is 0 Å². The summed E-state index contributed by atoms with van der Waals surface area (Å²) in [5.74, 6) is 0.593. The van der Waals surface area contributed by atoms with Gasteiger partial charge >= 0.3 is 6.01 Å². The van der Waals surface area contributed by atoms with Crippen molar-refractivity contribution >= 4 is 43.4 Å². The van der Waals surface area contributed by atoms with Gasteiger partial charge in [-0.25, -0.2) is 4.98 Å². The zero-order valence-corrected chi connectivity index (χ0v) is 12.4. The standard InChI is InChI=1S/C10H6Br2N4O3/c11-6-3-5(16(17)18)4-7(12)9(6)19-10-14-2-1-8(13)15-10/h1-4H,(H2,13,14,15). The molecule has 0 aliphatic carbocycles. The van der Waals surface area contributed by atoms with Crippen molar-refractivity contribution in [1.82, 2.24) is 9.97 Å². The summed E-state index contributed by atoms with van der Waals surface area (Å²) >= 11 is 6.39. The number of rotatable bonds is 3. The van der Waals surface area contributed by atoms with Crippen LogP contribution >= 0.6 is 31.9 Å². The Labute approximate surface area is 124 Å². The lowest BCUT2D eigenvalue weighted by atomic mass is 10.3. The van der Waals surface area contributed by atoms with Crippen LogP contribution in [0.5, 0.6) is 11.8 Å². The number of halogens is 2. The van der Waals surface area contributed by atoms with Gasteiger partial charge in [-0.15, -0.1) is 0 Å². The molecule has 2 rings (SSSR count). The Morgan fingerprint density at radius 2 is 1.95 bits per heavy atom. The Kier molecular flexibility index (Phi) is 3.96. The molecule has 1 aromatic carbocycles. The van der Waals surface area contributed by atoms with E-state index in [-0.39, 0.29) is 17.5 Å². The Balaban J connectivity index is 2.38. The molecule has 1 heterocycles. The van der Waals surface area contributed by atoms with Crippen LogP contribution in [-0.2, 0) is 0 Å². The van der Waals surface area contributed by atoms with E-state index in [1.54, 1.807) is 0 Å². The van der Waals surface area contributed by atoms with Gasteiger partial charge in [0.2, 0.25) is 0 Å². The van der Waals surface area contributed by atoms with E-state index < -0.39 is 4.92 Å². The quantitative estimate of drug-likeness (QED) is 0.637. The summed E-state index contributed by atoms with van der Waals surface area (Å²) in [6.45, 7) is 0. The minimum atomic E-state index is -0.504. The second-order valence-electron chi connectivity index (χ2n) is 3.36. The summed E-state index contributed by atoms with van der Waals surface area (Å²) in [7, 11) is 0. The summed E-state index contributed by atoms with van der Waals surface area (Å²) in [4.78, 5) is 18.0. The number of benzene rings is 1. The van der Waals surface area contributed by atoms with Crippen molar-refractivity contribution in [3.05, 3.63) is 43.5 Å². The Bertz CT molecular complexity index is 627. The van der Waals surface area contributed by atoms with Crippen LogP contribution in [0.25, 0.3) is 0 Å². The molecule has 0 saturated carbocycles. The van der Waals surface area contributed by atoms with Gasteiger partial charge in [0, 0.05) is 18.3 Å². The number of anilines is 1. The molecule has 0 spiro atoms. The molecule has 0 aliphatic rings. The number of aromatic nitrogens is 2. The maximum atomic E-state index is 10.7. The van der Waals surface area contributed by atoms with E-state index in [9.17, 15) is 10.1 Å². The molecule has 1 aromatic heterocycles. The molecule has 2 aromatic rings. The maximum absolute atomic E-state index is 10.7. The highest BCUT2D eigenvalue weighted by Gasteiger charge is 2.16. The summed E-state index contributed by atoms with van der Waals surface area (Å²) in [6, 6.07) is 4.22. The van der Waals surface area contributed by atoms with Crippen LogP contribution in [0.3, 0.4) is 0 Å². The van der Waals surface area contributed by atoms with Crippen molar-refractivity contribution in [3.8, 4) is 11.8 Å². The van der Waals surface area contributed by atoms with Crippen LogP contribution in [0.4, 0.5) is 11.5 Å². The van der Waals surface area contributed by atoms with Gasteiger partial charge in [-0.1, -0.05) is 0 Å². The molecule has 0 radical (unpaired) electrons. The molecule has 2 N–H and O–H groups in total. The number of hydrogen-bond donors (Lipinski definition) is 1. The fraction of sp³-hybridized carbons (Fsp3) is 0. The highest BCUT2D eigenvalue weighted by atomic mass is 79.9. The largest absolute Gasteiger partial charge is 0.422 e. The van der Waals surface area contributed by atoms with Gasteiger partial charge in [-0.05, 0) is 37.9 Å². The minimum absolute atomic E-state index is 0.0512. The second-order valence-corrected chi connectivity index (χ2v) is 5.07. The van der Waals surface area contributed by atoms with E-state index in [0.29, 0.717) is 14.7 Å². The number of nitrogens with two attached hydrogens (primary N) is 1. The molecule has 19 heavy (non-hydrogen) atoms. The van der Waals surface area contributed by atoms with E-state index in [1.165, 1.54) is 24.4 Å². The van der Waals surface area contributed by atoms with Crippen LogP contribution in [-0.4, -0.2) is 14.9 Å². The SMILES string of the molecule is Nc1ccnc(Oc2c(Br)cc([N+](=O)[O-])cc2Br)n1. The third kappa shape index (κ3) is 3.18.